The molecule has 2 N–H and O–H groups in total. The van der Waals surface area contributed by atoms with Gasteiger partial charge < -0.3 is 10.6 Å². The van der Waals surface area contributed by atoms with E-state index in [9.17, 15) is 0 Å². The Morgan fingerprint density at radius 3 is 2.56 bits per heavy atom. The number of rotatable bonds is 4. The number of aliphatic imine (C=N–C) groups is 1. The minimum atomic E-state index is 0. The third kappa shape index (κ3) is 4.55. The fourth-order valence-corrected chi connectivity index (χ4v) is 4.24. The van der Waals surface area contributed by atoms with Crippen LogP contribution in [-0.4, -0.2) is 68.1 Å². The van der Waals surface area contributed by atoms with Crippen LogP contribution in [0.1, 0.15) is 18.5 Å². The lowest BCUT2D eigenvalue weighted by atomic mass is 10.00. The molecule has 3 aliphatic heterocycles. The van der Waals surface area contributed by atoms with Gasteiger partial charge in [0.05, 0.1) is 6.04 Å². The second-order valence-electron chi connectivity index (χ2n) is 7.38. The summed E-state index contributed by atoms with van der Waals surface area (Å²) in [5.74, 6) is 0.878. The van der Waals surface area contributed by atoms with Crippen LogP contribution in [0.3, 0.4) is 0 Å². The zero-order valence-corrected chi connectivity index (χ0v) is 18.5. The zero-order valence-electron chi connectivity index (χ0n) is 16.2. The maximum atomic E-state index is 4.44. The SMILES string of the molecule is CN=C(NCC1CN2CCN1CC2)NC(C)c1cccc2ccccc12.I. The lowest BCUT2D eigenvalue weighted by Crippen LogP contribution is -2.63. The van der Waals surface area contributed by atoms with Crippen molar-refractivity contribution in [2.24, 2.45) is 4.99 Å². The second kappa shape index (κ2) is 9.21. The molecule has 3 fully saturated rings. The molecule has 2 aromatic carbocycles. The predicted molar refractivity (Wildman–Crippen MR) is 124 cm³/mol. The van der Waals surface area contributed by atoms with Gasteiger partial charge in [0.2, 0.25) is 0 Å². The Bertz CT molecular complexity index is 780. The molecule has 0 aliphatic carbocycles. The van der Waals surface area contributed by atoms with Gasteiger partial charge in [-0.05, 0) is 23.3 Å². The molecule has 0 saturated carbocycles. The number of nitrogens with one attached hydrogen (secondary N) is 2. The van der Waals surface area contributed by atoms with E-state index in [0.29, 0.717) is 6.04 Å². The van der Waals surface area contributed by atoms with Crippen LogP contribution in [0, 0.1) is 0 Å². The van der Waals surface area contributed by atoms with Crippen molar-refractivity contribution in [1.82, 2.24) is 20.4 Å². The monoisotopic (exact) mass is 479 g/mol. The average molecular weight is 479 g/mol. The van der Waals surface area contributed by atoms with Crippen LogP contribution in [0.2, 0.25) is 0 Å². The van der Waals surface area contributed by atoms with E-state index < -0.39 is 0 Å². The van der Waals surface area contributed by atoms with E-state index in [2.05, 4.69) is 74.8 Å². The Morgan fingerprint density at radius 2 is 1.85 bits per heavy atom. The first kappa shape index (κ1) is 20.4. The van der Waals surface area contributed by atoms with Crippen LogP contribution >= 0.6 is 24.0 Å². The van der Waals surface area contributed by atoms with E-state index >= 15 is 0 Å². The lowest BCUT2D eigenvalue weighted by Gasteiger charge is -2.47. The first-order chi connectivity index (χ1) is 12.7. The molecule has 146 valence electrons. The maximum Gasteiger partial charge on any atom is 0.191 e. The molecule has 0 radical (unpaired) electrons. The van der Waals surface area contributed by atoms with Gasteiger partial charge in [0, 0.05) is 52.4 Å². The fraction of sp³-hybridized carbons (Fsp3) is 0.476. The molecule has 3 saturated heterocycles. The minimum Gasteiger partial charge on any atom is -0.355 e. The molecule has 3 heterocycles. The summed E-state index contributed by atoms with van der Waals surface area (Å²) in [5.41, 5.74) is 1.30. The van der Waals surface area contributed by atoms with Crippen molar-refractivity contribution in [1.29, 1.82) is 0 Å². The molecule has 5 rings (SSSR count). The Hall–Kier alpha value is -1.38. The van der Waals surface area contributed by atoms with Crippen LogP contribution in [0.4, 0.5) is 0 Å². The summed E-state index contributed by atoms with van der Waals surface area (Å²) in [7, 11) is 1.85. The highest BCUT2D eigenvalue weighted by molar-refractivity contribution is 14.0. The molecule has 3 aliphatic rings. The van der Waals surface area contributed by atoms with Gasteiger partial charge in [-0.15, -0.1) is 24.0 Å². The molecule has 27 heavy (non-hydrogen) atoms. The zero-order chi connectivity index (χ0) is 17.9. The normalized spacial score (nSPS) is 25.7. The second-order valence-corrected chi connectivity index (χ2v) is 7.38. The van der Waals surface area contributed by atoms with Crippen molar-refractivity contribution in [3.8, 4) is 0 Å². The van der Waals surface area contributed by atoms with E-state index in [0.717, 1.165) is 12.5 Å². The number of guanidine groups is 1. The fourth-order valence-electron chi connectivity index (χ4n) is 4.24. The van der Waals surface area contributed by atoms with Crippen LogP contribution in [-0.2, 0) is 0 Å². The average Bonchev–Trinajstić information content (AvgIpc) is 2.71. The Balaban J connectivity index is 0.00000210. The quantitative estimate of drug-likeness (QED) is 0.402. The van der Waals surface area contributed by atoms with Gasteiger partial charge in [0.1, 0.15) is 0 Å². The smallest absolute Gasteiger partial charge is 0.191 e. The standard InChI is InChI=1S/C21H29N5.HI/c1-16(19-9-5-7-17-6-3-4-8-20(17)19)24-21(22-2)23-14-18-15-25-10-12-26(18)13-11-25;/h3-9,16,18H,10-15H2,1-2H3,(H2,22,23,24);1H. The molecule has 0 amide bonds. The summed E-state index contributed by atoms with van der Waals surface area (Å²) in [6.45, 7) is 9.16. The van der Waals surface area contributed by atoms with Crippen LogP contribution in [0.5, 0.6) is 0 Å². The molecular formula is C21H30IN5. The molecule has 0 aromatic heterocycles. The van der Waals surface area contributed by atoms with Gasteiger partial charge in [-0.3, -0.25) is 14.8 Å². The van der Waals surface area contributed by atoms with Crippen molar-refractivity contribution >= 4 is 40.7 Å². The van der Waals surface area contributed by atoms with Gasteiger partial charge in [-0.2, -0.15) is 0 Å². The van der Waals surface area contributed by atoms with E-state index in [1.165, 1.54) is 49.1 Å². The number of nitrogens with zero attached hydrogens (tertiary/aromatic N) is 3. The highest BCUT2D eigenvalue weighted by Crippen LogP contribution is 2.24. The number of halogens is 1. The van der Waals surface area contributed by atoms with Gasteiger partial charge in [0.15, 0.2) is 5.96 Å². The number of fused-ring (bicyclic) bond motifs is 4. The van der Waals surface area contributed by atoms with Gasteiger partial charge in [-0.25, -0.2) is 0 Å². The number of hydrogen-bond donors (Lipinski definition) is 2. The number of benzene rings is 2. The van der Waals surface area contributed by atoms with E-state index in [1.54, 1.807) is 0 Å². The largest absolute Gasteiger partial charge is 0.355 e. The third-order valence-electron chi connectivity index (χ3n) is 5.76. The van der Waals surface area contributed by atoms with Gasteiger partial charge in [0.25, 0.3) is 0 Å². The Labute approximate surface area is 179 Å². The predicted octanol–water partition coefficient (Wildman–Crippen LogP) is 2.68. The molecule has 2 atom stereocenters. The Morgan fingerprint density at radius 1 is 1.11 bits per heavy atom. The van der Waals surface area contributed by atoms with Crippen LogP contribution in [0.25, 0.3) is 10.8 Å². The summed E-state index contributed by atoms with van der Waals surface area (Å²) in [6, 6.07) is 15.8. The molecule has 2 aromatic rings. The molecule has 0 spiro atoms. The maximum absolute atomic E-state index is 4.44. The summed E-state index contributed by atoms with van der Waals surface area (Å²) >= 11 is 0. The van der Waals surface area contributed by atoms with Crippen LogP contribution in [0.15, 0.2) is 47.5 Å². The molecular weight excluding hydrogens is 449 g/mol. The lowest BCUT2D eigenvalue weighted by molar-refractivity contribution is 0.0154. The van der Waals surface area contributed by atoms with Gasteiger partial charge in [-0.1, -0.05) is 42.5 Å². The first-order valence-corrected chi connectivity index (χ1v) is 9.66. The third-order valence-corrected chi connectivity index (χ3v) is 5.76. The summed E-state index contributed by atoms with van der Waals surface area (Å²) in [4.78, 5) is 9.62. The number of hydrogen-bond acceptors (Lipinski definition) is 3. The topological polar surface area (TPSA) is 42.9 Å². The molecule has 2 unspecified atom stereocenters. The highest BCUT2D eigenvalue weighted by atomic mass is 127. The molecule has 6 heteroatoms. The van der Waals surface area contributed by atoms with Crippen LogP contribution < -0.4 is 10.6 Å². The van der Waals surface area contributed by atoms with E-state index in [4.69, 9.17) is 0 Å². The van der Waals surface area contributed by atoms with Crippen molar-refractivity contribution in [3.05, 3.63) is 48.0 Å². The van der Waals surface area contributed by atoms with E-state index in [1.807, 2.05) is 7.05 Å². The summed E-state index contributed by atoms with van der Waals surface area (Å²) in [6.07, 6.45) is 0. The highest BCUT2D eigenvalue weighted by Gasteiger charge is 2.31. The van der Waals surface area contributed by atoms with Crippen molar-refractivity contribution in [2.75, 3.05) is 46.3 Å². The first-order valence-electron chi connectivity index (χ1n) is 9.66. The minimum absolute atomic E-state index is 0. The van der Waals surface area contributed by atoms with Gasteiger partial charge >= 0.3 is 0 Å². The molecule has 5 nitrogen and oxygen atoms in total. The van der Waals surface area contributed by atoms with Crippen molar-refractivity contribution in [3.63, 3.8) is 0 Å². The Kier molecular flexibility index (Phi) is 6.94. The number of piperazine rings is 3. The summed E-state index contributed by atoms with van der Waals surface area (Å²) < 4.78 is 0. The molecule has 2 bridgehead atoms. The van der Waals surface area contributed by atoms with E-state index in [-0.39, 0.29) is 30.0 Å². The van der Waals surface area contributed by atoms with Crippen molar-refractivity contribution < 1.29 is 0 Å². The summed E-state index contributed by atoms with van der Waals surface area (Å²) in [5, 5.41) is 9.69. The van der Waals surface area contributed by atoms with Crippen molar-refractivity contribution in [2.45, 2.75) is 19.0 Å².